The molecule has 0 unspecified atom stereocenters. The molecule has 0 saturated heterocycles. The summed E-state index contributed by atoms with van der Waals surface area (Å²) in [4.78, 5) is 0.120. The van der Waals surface area contributed by atoms with E-state index in [1.54, 1.807) is 30.4 Å². The fraction of sp³-hybridized carbons (Fsp3) is 0.174. The van der Waals surface area contributed by atoms with E-state index in [1.165, 1.54) is 26.4 Å². The monoisotopic (exact) mass is 407 g/mol. The molecule has 0 N–H and O–H groups in total. The van der Waals surface area contributed by atoms with E-state index in [1.807, 2.05) is 37.3 Å². The van der Waals surface area contributed by atoms with E-state index in [-0.39, 0.29) is 10.6 Å². The van der Waals surface area contributed by atoms with E-state index in [2.05, 4.69) is 16.2 Å². The Morgan fingerprint density at radius 3 is 2.21 bits per heavy atom. The molecule has 0 amide bonds. The molecule has 1 aliphatic rings. The molecule has 2 aromatic carbocycles. The van der Waals surface area contributed by atoms with Crippen molar-refractivity contribution in [3.8, 4) is 11.8 Å². The molecule has 148 valence electrons. The Morgan fingerprint density at radius 2 is 1.59 bits per heavy atom. The van der Waals surface area contributed by atoms with Gasteiger partial charge in [0.1, 0.15) is 0 Å². The van der Waals surface area contributed by atoms with Crippen LogP contribution in [-0.2, 0) is 19.5 Å². The summed E-state index contributed by atoms with van der Waals surface area (Å²) in [5.74, 6) is 4.89. The molecule has 5 nitrogen and oxygen atoms in total. The molecular formula is C23H21NO4S. The Labute approximate surface area is 171 Å². The lowest BCUT2D eigenvalue weighted by Gasteiger charge is -2.27. The Hall–Kier alpha value is -2.98. The molecule has 29 heavy (non-hydrogen) atoms. The van der Waals surface area contributed by atoms with Gasteiger partial charge >= 0.3 is 0 Å². The topological polar surface area (TPSA) is 65.0 Å². The molecule has 2 aromatic rings. The molecule has 0 aliphatic heterocycles. The maximum Gasteiger partial charge on any atom is 0.282 e. The van der Waals surface area contributed by atoms with E-state index in [4.69, 9.17) is 9.47 Å². The summed E-state index contributed by atoms with van der Waals surface area (Å²) in [6.07, 6.45) is 4.77. The highest BCUT2D eigenvalue weighted by molar-refractivity contribution is 7.90. The molecule has 0 fully saturated rings. The number of aryl methyl sites for hydroxylation is 1. The molecule has 0 atom stereocenters. The molecule has 6 heteroatoms. The highest BCUT2D eigenvalue weighted by atomic mass is 32.2. The maximum atomic E-state index is 12.8. The average Bonchev–Trinajstić information content (AvgIpc) is 2.74. The van der Waals surface area contributed by atoms with Crippen molar-refractivity contribution < 1.29 is 17.9 Å². The van der Waals surface area contributed by atoms with Gasteiger partial charge in [0, 0.05) is 19.8 Å². The number of hydrogen-bond donors (Lipinski definition) is 0. The van der Waals surface area contributed by atoms with Gasteiger partial charge in [0.2, 0.25) is 5.79 Å². The first-order chi connectivity index (χ1) is 13.9. The standard InChI is InChI=1S/C23H21NO4S/c1-18-9-13-21(14-10-18)29(25,26)24-22-15-16-23(27-2,28-3)17-20(22)12-11-19-7-5-4-6-8-19/h4-10,13-17H,1-3H3/b24-22-. The molecule has 0 aromatic heterocycles. The Bertz CT molecular complexity index is 1130. The minimum Gasteiger partial charge on any atom is -0.346 e. The average molecular weight is 407 g/mol. The Kier molecular flexibility index (Phi) is 6.14. The lowest BCUT2D eigenvalue weighted by molar-refractivity contribution is -0.133. The molecule has 1 aliphatic carbocycles. The quantitative estimate of drug-likeness (QED) is 0.573. The van der Waals surface area contributed by atoms with E-state index in [9.17, 15) is 8.42 Å². The van der Waals surface area contributed by atoms with Crippen molar-refractivity contribution >= 4 is 15.7 Å². The van der Waals surface area contributed by atoms with Crippen molar-refractivity contribution in [3.05, 3.63) is 89.5 Å². The lowest BCUT2D eigenvalue weighted by Crippen LogP contribution is -2.32. The Morgan fingerprint density at radius 1 is 0.931 bits per heavy atom. The minimum atomic E-state index is -3.90. The zero-order chi connectivity index (χ0) is 20.9. The van der Waals surface area contributed by atoms with E-state index in [0.29, 0.717) is 5.57 Å². The number of hydrogen-bond acceptors (Lipinski definition) is 4. The smallest absolute Gasteiger partial charge is 0.282 e. The van der Waals surface area contributed by atoms with Crippen molar-refractivity contribution in [2.24, 2.45) is 4.40 Å². The van der Waals surface area contributed by atoms with Crippen LogP contribution in [0.4, 0.5) is 0 Å². The van der Waals surface area contributed by atoms with E-state index >= 15 is 0 Å². The number of nitrogens with zero attached hydrogens (tertiary/aromatic N) is 1. The van der Waals surface area contributed by atoms with Crippen LogP contribution in [-0.4, -0.2) is 34.1 Å². The first kappa shape index (κ1) is 20.7. The van der Waals surface area contributed by atoms with Crippen LogP contribution >= 0.6 is 0 Å². The molecular weight excluding hydrogens is 386 g/mol. The number of methoxy groups -OCH3 is 2. The van der Waals surface area contributed by atoms with Gasteiger partial charge in [-0.2, -0.15) is 12.8 Å². The number of allylic oxidation sites excluding steroid dienone is 2. The molecule has 0 radical (unpaired) electrons. The first-order valence-electron chi connectivity index (χ1n) is 8.89. The summed E-state index contributed by atoms with van der Waals surface area (Å²) in [5.41, 5.74) is 2.38. The zero-order valence-corrected chi connectivity index (χ0v) is 17.2. The molecule has 0 spiro atoms. The van der Waals surface area contributed by atoms with Gasteiger partial charge in [-0.15, -0.1) is 0 Å². The first-order valence-corrected chi connectivity index (χ1v) is 10.3. The van der Waals surface area contributed by atoms with Gasteiger partial charge in [-0.3, -0.25) is 0 Å². The van der Waals surface area contributed by atoms with Crippen LogP contribution in [0.5, 0.6) is 0 Å². The SMILES string of the molecule is COC1(OC)C=C/C(=N/S(=O)(=O)c2ccc(C)cc2)C(C#Cc2ccccc2)=C1. The Balaban J connectivity index is 2.06. The van der Waals surface area contributed by atoms with Crippen molar-refractivity contribution in [2.75, 3.05) is 14.2 Å². The van der Waals surface area contributed by atoms with Crippen LogP contribution in [0.3, 0.4) is 0 Å². The molecule has 0 bridgehead atoms. The van der Waals surface area contributed by atoms with Crippen LogP contribution < -0.4 is 0 Å². The van der Waals surface area contributed by atoms with Gasteiger partial charge in [-0.1, -0.05) is 47.7 Å². The third-order valence-electron chi connectivity index (χ3n) is 4.39. The number of ether oxygens (including phenoxy) is 2. The van der Waals surface area contributed by atoms with Crippen molar-refractivity contribution in [3.63, 3.8) is 0 Å². The number of benzene rings is 2. The molecule has 0 saturated carbocycles. The third-order valence-corrected chi connectivity index (χ3v) is 5.69. The minimum absolute atomic E-state index is 0.120. The van der Waals surface area contributed by atoms with E-state index in [0.717, 1.165) is 11.1 Å². The van der Waals surface area contributed by atoms with Crippen LogP contribution in [0, 0.1) is 18.8 Å². The lowest BCUT2D eigenvalue weighted by atomic mass is 9.99. The number of rotatable bonds is 4. The van der Waals surface area contributed by atoms with Gasteiger partial charge < -0.3 is 9.47 Å². The van der Waals surface area contributed by atoms with Gasteiger partial charge in [-0.25, -0.2) is 0 Å². The fourth-order valence-electron chi connectivity index (χ4n) is 2.68. The van der Waals surface area contributed by atoms with Crippen molar-refractivity contribution in [1.29, 1.82) is 0 Å². The van der Waals surface area contributed by atoms with Gasteiger partial charge in [0.15, 0.2) is 0 Å². The van der Waals surface area contributed by atoms with Crippen molar-refractivity contribution in [1.82, 2.24) is 0 Å². The second-order valence-electron chi connectivity index (χ2n) is 6.40. The van der Waals surface area contributed by atoms with Gasteiger partial charge in [0.05, 0.1) is 16.2 Å². The summed E-state index contributed by atoms with van der Waals surface area (Å²) in [5, 5.41) is 0. The fourth-order valence-corrected chi connectivity index (χ4v) is 3.68. The predicted molar refractivity (Wildman–Crippen MR) is 113 cm³/mol. The summed E-state index contributed by atoms with van der Waals surface area (Å²) in [7, 11) is -0.901. The summed E-state index contributed by atoms with van der Waals surface area (Å²) >= 11 is 0. The predicted octanol–water partition coefficient (Wildman–Crippen LogP) is 3.66. The zero-order valence-electron chi connectivity index (χ0n) is 16.4. The second kappa shape index (κ2) is 8.58. The van der Waals surface area contributed by atoms with Gasteiger partial charge in [-0.05, 0) is 49.4 Å². The maximum absolute atomic E-state index is 12.8. The highest BCUT2D eigenvalue weighted by Crippen LogP contribution is 2.25. The highest BCUT2D eigenvalue weighted by Gasteiger charge is 2.29. The second-order valence-corrected chi connectivity index (χ2v) is 8.01. The molecule has 0 heterocycles. The largest absolute Gasteiger partial charge is 0.346 e. The van der Waals surface area contributed by atoms with Crippen LogP contribution in [0.2, 0.25) is 0 Å². The third kappa shape index (κ3) is 4.90. The number of sulfonamides is 1. The normalized spacial score (nSPS) is 16.8. The molecule has 3 rings (SSSR count). The summed E-state index contributed by atoms with van der Waals surface area (Å²) in [6.45, 7) is 1.89. The van der Waals surface area contributed by atoms with Crippen LogP contribution in [0.1, 0.15) is 11.1 Å². The van der Waals surface area contributed by atoms with Crippen LogP contribution in [0.15, 0.2) is 87.7 Å². The summed E-state index contributed by atoms with van der Waals surface area (Å²) < 4.78 is 40.4. The summed E-state index contributed by atoms with van der Waals surface area (Å²) in [6, 6.07) is 15.9. The van der Waals surface area contributed by atoms with E-state index < -0.39 is 15.8 Å². The van der Waals surface area contributed by atoms with Gasteiger partial charge in [0.25, 0.3) is 10.0 Å². The van der Waals surface area contributed by atoms with Crippen LogP contribution in [0.25, 0.3) is 0 Å². The van der Waals surface area contributed by atoms with Crippen molar-refractivity contribution in [2.45, 2.75) is 17.6 Å².